The number of carbonyl (C=O) groups excluding carboxylic acids is 1. The van der Waals surface area contributed by atoms with Crippen molar-refractivity contribution in [3.8, 4) is 0 Å². The highest BCUT2D eigenvalue weighted by atomic mass is 16.2. The van der Waals surface area contributed by atoms with Crippen LogP contribution >= 0.6 is 0 Å². The second-order valence-corrected chi connectivity index (χ2v) is 4.35. The molecule has 0 aromatic rings. The number of amides is 1. The van der Waals surface area contributed by atoms with Gasteiger partial charge in [0, 0.05) is 12.1 Å². The lowest BCUT2D eigenvalue weighted by Gasteiger charge is -2.44. The molecule has 0 radical (unpaired) electrons. The van der Waals surface area contributed by atoms with Crippen LogP contribution in [0, 0.1) is 0 Å². The minimum absolute atomic E-state index is 0.0156. The topological polar surface area (TPSA) is 53.2 Å². The van der Waals surface area contributed by atoms with E-state index in [1.807, 2.05) is 0 Å². The van der Waals surface area contributed by atoms with Crippen molar-refractivity contribution in [2.45, 2.75) is 37.8 Å². The molecule has 2 rings (SSSR count). The van der Waals surface area contributed by atoms with E-state index in [9.17, 15) is 4.79 Å². The highest BCUT2D eigenvalue weighted by Crippen LogP contribution is 2.21. The van der Waals surface area contributed by atoms with E-state index in [4.69, 9.17) is 0 Å². The average molecular weight is 197 g/mol. The number of piperidine rings is 1. The molecule has 2 aliphatic heterocycles. The van der Waals surface area contributed by atoms with Crippen molar-refractivity contribution in [1.82, 2.24) is 16.0 Å². The standard InChI is InChI=1S/C10H19N3O/c1-2-8-9(14)12-7-10(13-8)3-5-11-6-4-10/h8,11,13H,2-7H2,1H3,(H,12,14). The fraction of sp³-hybridized carbons (Fsp3) is 0.900. The summed E-state index contributed by atoms with van der Waals surface area (Å²) in [5.41, 5.74) is 0.167. The summed E-state index contributed by atoms with van der Waals surface area (Å²) >= 11 is 0. The Kier molecular flexibility index (Phi) is 2.74. The van der Waals surface area contributed by atoms with E-state index < -0.39 is 0 Å². The molecule has 14 heavy (non-hydrogen) atoms. The zero-order valence-electron chi connectivity index (χ0n) is 8.73. The van der Waals surface area contributed by atoms with Crippen LogP contribution in [0.25, 0.3) is 0 Å². The molecule has 2 fully saturated rings. The molecule has 2 aliphatic rings. The molecule has 0 aromatic heterocycles. The summed E-state index contributed by atoms with van der Waals surface area (Å²) in [6, 6.07) is 0.0156. The van der Waals surface area contributed by atoms with Crippen LogP contribution in [0.4, 0.5) is 0 Å². The largest absolute Gasteiger partial charge is 0.353 e. The molecule has 0 bridgehead atoms. The molecular formula is C10H19N3O. The van der Waals surface area contributed by atoms with Crippen LogP contribution in [0.5, 0.6) is 0 Å². The molecule has 3 N–H and O–H groups in total. The highest BCUT2D eigenvalue weighted by Gasteiger charge is 2.39. The van der Waals surface area contributed by atoms with Crippen LogP contribution in [0.15, 0.2) is 0 Å². The third-order valence-corrected chi connectivity index (χ3v) is 3.37. The molecule has 4 nitrogen and oxygen atoms in total. The SMILES string of the molecule is CCC1NC2(CCNCC2)CNC1=O. The molecule has 2 saturated heterocycles. The van der Waals surface area contributed by atoms with E-state index in [1.54, 1.807) is 0 Å². The van der Waals surface area contributed by atoms with Gasteiger partial charge in [0.25, 0.3) is 0 Å². The Hall–Kier alpha value is -0.610. The van der Waals surface area contributed by atoms with Crippen LogP contribution < -0.4 is 16.0 Å². The van der Waals surface area contributed by atoms with Crippen LogP contribution in [-0.2, 0) is 4.79 Å². The van der Waals surface area contributed by atoms with Gasteiger partial charge in [-0.15, -0.1) is 0 Å². The Morgan fingerprint density at radius 1 is 1.43 bits per heavy atom. The van der Waals surface area contributed by atoms with E-state index in [2.05, 4.69) is 22.9 Å². The molecule has 0 saturated carbocycles. The first-order chi connectivity index (χ1) is 6.76. The molecule has 4 heteroatoms. The number of nitrogens with one attached hydrogen (secondary N) is 3. The summed E-state index contributed by atoms with van der Waals surface area (Å²) in [7, 11) is 0. The smallest absolute Gasteiger partial charge is 0.237 e. The lowest BCUT2D eigenvalue weighted by molar-refractivity contribution is -0.126. The van der Waals surface area contributed by atoms with Gasteiger partial charge in [-0.1, -0.05) is 6.92 Å². The fourth-order valence-corrected chi connectivity index (χ4v) is 2.38. The number of hydrogen-bond donors (Lipinski definition) is 3. The number of rotatable bonds is 1. The zero-order valence-corrected chi connectivity index (χ0v) is 8.73. The molecule has 1 unspecified atom stereocenters. The van der Waals surface area contributed by atoms with E-state index in [1.165, 1.54) is 0 Å². The molecule has 1 spiro atoms. The van der Waals surface area contributed by atoms with Gasteiger partial charge in [0.05, 0.1) is 6.04 Å². The second kappa shape index (κ2) is 3.87. The Labute approximate surface area is 84.8 Å². The van der Waals surface area contributed by atoms with Crippen molar-refractivity contribution in [3.63, 3.8) is 0 Å². The van der Waals surface area contributed by atoms with Crippen molar-refractivity contribution in [1.29, 1.82) is 0 Å². The van der Waals surface area contributed by atoms with Crippen LogP contribution in [-0.4, -0.2) is 37.1 Å². The first kappa shape index (κ1) is 9.93. The van der Waals surface area contributed by atoms with Crippen LogP contribution in [0.1, 0.15) is 26.2 Å². The zero-order chi connectivity index (χ0) is 10.0. The first-order valence-corrected chi connectivity index (χ1v) is 5.52. The number of piperazine rings is 1. The van der Waals surface area contributed by atoms with Gasteiger partial charge in [0.1, 0.15) is 0 Å². The number of carbonyl (C=O) groups is 1. The van der Waals surface area contributed by atoms with Gasteiger partial charge in [-0.3, -0.25) is 10.1 Å². The van der Waals surface area contributed by atoms with Crippen molar-refractivity contribution in [2.24, 2.45) is 0 Å². The number of hydrogen-bond acceptors (Lipinski definition) is 3. The van der Waals surface area contributed by atoms with Gasteiger partial charge in [-0.2, -0.15) is 0 Å². The maximum atomic E-state index is 11.5. The monoisotopic (exact) mass is 197 g/mol. The predicted molar refractivity (Wildman–Crippen MR) is 55.1 cm³/mol. The first-order valence-electron chi connectivity index (χ1n) is 5.52. The van der Waals surface area contributed by atoms with E-state index >= 15 is 0 Å². The third-order valence-electron chi connectivity index (χ3n) is 3.37. The summed E-state index contributed by atoms with van der Waals surface area (Å²) in [6.07, 6.45) is 3.11. The lowest BCUT2D eigenvalue weighted by atomic mass is 9.85. The van der Waals surface area contributed by atoms with Gasteiger partial charge in [0.15, 0.2) is 0 Å². The normalized spacial score (nSPS) is 31.5. The Morgan fingerprint density at radius 2 is 2.14 bits per heavy atom. The third kappa shape index (κ3) is 1.77. The Balaban J connectivity index is 2.03. The highest BCUT2D eigenvalue weighted by molar-refractivity contribution is 5.82. The fourth-order valence-electron chi connectivity index (χ4n) is 2.38. The predicted octanol–water partition coefficient (Wildman–Crippen LogP) is -0.393. The Bertz CT molecular complexity index is 223. The van der Waals surface area contributed by atoms with Gasteiger partial charge in [-0.05, 0) is 32.4 Å². The van der Waals surface area contributed by atoms with E-state index in [0.717, 1.165) is 38.9 Å². The Morgan fingerprint density at radius 3 is 2.79 bits per heavy atom. The van der Waals surface area contributed by atoms with Crippen molar-refractivity contribution < 1.29 is 4.79 Å². The van der Waals surface area contributed by atoms with Crippen molar-refractivity contribution in [2.75, 3.05) is 19.6 Å². The average Bonchev–Trinajstić information content (AvgIpc) is 2.23. The molecular weight excluding hydrogens is 178 g/mol. The summed E-state index contributed by atoms with van der Waals surface area (Å²) in [5.74, 6) is 0.164. The van der Waals surface area contributed by atoms with Gasteiger partial charge >= 0.3 is 0 Å². The van der Waals surface area contributed by atoms with Crippen molar-refractivity contribution >= 4 is 5.91 Å². The quantitative estimate of drug-likeness (QED) is 0.536. The molecule has 0 aromatic carbocycles. The molecule has 2 heterocycles. The minimum atomic E-state index is 0.0156. The maximum Gasteiger partial charge on any atom is 0.237 e. The van der Waals surface area contributed by atoms with Crippen LogP contribution in [0.3, 0.4) is 0 Å². The second-order valence-electron chi connectivity index (χ2n) is 4.35. The van der Waals surface area contributed by atoms with E-state index in [0.29, 0.717) is 0 Å². The molecule has 1 amide bonds. The maximum absolute atomic E-state index is 11.5. The summed E-state index contributed by atoms with van der Waals surface area (Å²) in [4.78, 5) is 11.5. The lowest BCUT2D eigenvalue weighted by Crippen LogP contribution is -2.68. The van der Waals surface area contributed by atoms with Gasteiger partial charge in [0.2, 0.25) is 5.91 Å². The van der Waals surface area contributed by atoms with Crippen LogP contribution in [0.2, 0.25) is 0 Å². The minimum Gasteiger partial charge on any atom is -0.353 e. The summed E-state index contributed by atoms with van der Waals surface area (Å²) in [6.45, 7) is 4.96. The summed E-state index contributed by atoms with van der Waals surface area (Å²) < 4.78 is 0. The molecule has 1 atom stereocenters. The molecule has 0 aliphatic carbocycles. The van der Waals surface area contributed by atoms with Gasteiger partial charge < -0.3 is 10.6 Å². The molecule has 80 valence electrons. The van der Waals surface area contributed by atoms with Gasteiger partial charge in [-0.25, -0.2) is 0 Å². The van der Waals surface area contributed by atoms with Crippen molar-refractivity contribution in [3.05, 3.63) is 0 Å². The van der Waals surface area contributed by atoms with E-state index in [-0.39, 0.29) is 17.5 Å². The summed E-state index contributed by atoms with van der Waals surface area (Å²) in [5, 5.41) is 9.88.